The highest BCUT2D eigenvalue weighted by molar-refractivity contribution is 5.75. The molecule has 0 saturated carbocycles. The molecule has 14 heavy (non-hydrogen) atoms. The molecule has 74 valence electrons. The summed E-state index contributed by atoms with van der Waals surface area (Å²) in [5.41, 5.74) is 1.38. The summed E-state index contributed by atoms with van der Waals surface area (Å²) in [4.78, 5) is 0. The van der Waals surface area contributed by atoms with E-state index in [-0.39, 0.29) is 0 Å². The van der Waals surface area contributed by atoms with Crippen molar-refractivity contribution in [3.05, 3.63) is 53.1 Å². The number of rotatable bonds is 3. The van der Waals surface area contributed by atoms with E-state index in [9.17, 15) is 5.21 Å². The molecule has 0 amide bonds. The molecule has 3 heteroatoms. The van der Waals surface area contributed by atoms with Crippen molar-refractivity contribution < 1.29 is 9.48 Å². The number of benzene rings is 1. The molecule has 0 saturated heterocycles. The van der Waals surface area contributed by atoms with Crippen LogP contribution in [0.4, 0.5) is 0 Å². The van der Waals surface area contributed by atoms with Crippen molar-refractivity contribution in [1.29, 1.82) is 0 Å². The molecule has 0 aliphatic heterocycles. The number of hydroxylamine groups is 1. The van der Waals surface area contributed by atoms with Crippen molar-refractivity contribution >= 4 is 6.21 Å². The van der Waals surface area contributed by atoms with E-state index < -0.39 is 0 Å². The molecule has 0 bridgehead atoms. The first-order chi connectivity index (χ1) is 6.74. The monoisotopic (exact) mass is 191 g/mol. The minimum Gasteiger partial charge on any atom is -0.618 e. The van der Waals surface area contributed by atoms with Gasteiger partial charge in [0, 0.05) is 12.5 Å². The Hall–Kier alpha value is -1.77. The molecule has 0 fully saturated rings. The molecule has 0 aliphatic rings. The van der Waals surface area contributed by atoms with Crippen LogP contribution in [0.2, 0.25) is 0 Å². The molecule has 3 nitrogen and oxygen atoms in total. The molecule has 0 radical (unpaired) electrons. The van der Waals surface area contributed by atoms with Crippen LogP contribution in [0.5, 0.6) is 0 Å². The van der Waals surface area contributed by atoms with Gasteiger partial charge in [0.1, 0.15) is 0 Å². The van der Waals surface area contributed by atoms with Crippen molar-refractivity contribution in [2.45, 2.75) is 6.92 Å². The highest BCUT2D eigenvalue weighted by atomic mass is 16.5. The van der Waals surface area contributed by atoms with Crippen LogP contribution in [0.3, 0.4) is 0 Å². The van der Waals surface area contributed by atoms with E-state index in [1.165, 1.54) is 19.6 Å². The number of hydrogen-bond donors (Lipinski definition) is 0. The maximum absolute atomic E-state index is 11.4. The molecule has 0 N–H and O–H groups in total. The van der Waals surface area contributed by atoms with Crippen molar-refractivity contribution in [3.8, 4) is 0 Å². The summed E-state index contributed by atoms with van der Waals surface area (Å²) in [6.45, 7) is 1.69. The van der Waals surface area contributed by atoms with Crippen LogP contribution < -0.4 is 0 Å². The van der Waals surface area contributed by atoms with Crippen LogP contribution in [0, 0.1) is 5.21 Å². The third-order valence-electron chi connectivity index (χ3n) is 1.70. The average molecular weight is 191 g/mol. The Labute approximate surface area is 83.5 Å². The van der Waals surface area contributed by atoms with Gasteiger partial charge in [0.05, 0.1) is 7.11 Å². The quantitative estimate of drug-likeness (QED) is 0.241. The second kappa shape index (κ2) is 5.07. The van der Waals surface area contributed by atoms with Crippen LogP contribution in [0.25, 0.3) is 0 Å². The van der Waals surface area contributed by atoms with Gasteiger partial charge in [0.15, 0.2) is 12.5 Å². The van der Waals surface area contributed by atoms with E-state index in [1.54, 1.807) is 6.92 Å². The maximum Gasteiger partial charge on any atom is 0.224 e. The Morgan fingerprint density at radius 3 is 2.57 bits per heavy atom. The standard InChI is InChI=1S/C11H13NO2/c1-10(9-14-2)12(13)8-11-6-4-3-5-7-11/h3-9H,1-2H3/b10-9+,12-8-. The van der Waals surface area contributed by atoms with E-state index in [1.807, 2.05) is 30.3 Å². The smallest absolute Gasteiger partial charge is 0.224 e. The third kappa shape index (κ3) is 2.94. The molecule has 0 spiro atoms. The molecule has 0 aromatic heterocycles. The van der Waals surface area contributed by atoms with E-state index in [2.05, 4.69) is 0 Å². The fourth-order valence-electron chi connectivity index (χ4n) is 0.999. The van der Waals surface area contributed by atoms with Gasteiger partial charge in [-0.2, -0.15) is 4.74 Å². The number of methoxy groups -OCH3 is 1. The summed E-state index contributed by atoms with van der Waals surface area (Å²) >= 11 is 0. The largest absolute Gasteiger partial charge is 0.618 e. The average Bonchev–Trinajstić information content (AvgIpc) is 2.19. The Bertz CT molecular complexity index is 342. The topological polar surface area (TPSA) is 35.3 Å². The predicted octanol–water partition coefficient (Wildman–Crippen LogP) is 2.12. The molecule has 1 aromatic rings. The zero-order valence-electron chi connectivity index (χ0n) is 8.31. The fourth-order valence-corrected chi connectivity index (χ4v) is 0.999. The van der Waals surface area contributed by atoms with Crippen molar-refractivity contribution in [2.75, 3.05) is 7.11 Å². The fraction of sp³-hybridized carbons (Fsp3) is 0.182. The lowest BCUT2D eigenvalue weighted by Crippen LogP contribution is -2.03. The minimum absolute atomic E-state index is 0.511. The van der Waals surface area contributed by atoms with Crippen LogP contribution in [-0.4, -0.2) is 18.1 Å². The molecule has 1 rings (SSSR count). The van der Waals surface area contributed by atoms with Gasteiger partial charge < -0.3 is 9.94 Å². The van der Waals surface area contributed by atoms with Gasteiger partial charge in [-0.3, -0.25) is 0 Å². The summed E-state index contributed by atoms with van der Waals surface area (Å²) in [5, 5.41) is 11.4. The zero-order valence-corrected chi connectivity index (χ0v) is 8.31. The van der Waals surface area contributed by atoms with Gasteiger partial charge in [0.25, 0.3) is 0 Å². The Balaban J connectivity index is 2.84. The van der Waals surface area contributed by atoms with Crippen molar-refractivity contribution in [2.24, 2.45) is 0 Å². The van der Waals surface area contributed by atoms with Gasteiger partial charge in [-0.25, -0.2) is 0 Å². The Kier molecular flexibility index (Phi) is 3.73. The van der Waals surface area contributed by atoms with Gasteiger partial charge in [-0.1, -0.05) is 18.2 Å². The summed E-state index contributed by atoms with van der Waals surface area (Å²) in [6.07, 6.45) is 2.91. The first kappa shape index (κ1) is 10.3. The number of hydrogen-bond acceptors (Lipinski definition) is 2. The van der Waals surface area contributed by atoms with E-state index in [0.717, 1.165) is 10.3 Å². The second-order valence-corrected chi connectivity index (χ2v) is 2.86. The van der Waals surface area contributed by atoms with Crippen LogP contribution in [-0.2, 0) is 4.74 Å². The lowest BCUT2D eigenvalue weighted by Gasteiger charge is -2.02. The van der Waals surface area contributed by atoms with Crippen LogP contribution in [0.15, 0.2) is 42.3 Å². The zero-order chi connectivity index (χ0) is 10.4. The lowest BCUT2D eigenvalue weighted by molar-refractivity contribution is -0.396. The predicted molar refractivity (Wildman–Crippen MR) is 56.0 cm³/mol. The molecule has 0 atom stereocenters. The first-order valence-electron chi connectivity index (χ1n) is 4.30. The van der Waals surface area contributed by atoms with Gasteiger partial charge >= 0.3 is 0 Å². The van der Waals surface area contributed by atoms with Crippen LogP contribution in [0.1, 0.15) is 12.5 Å². The number of nitrogens with zero attached hydrogens (tertiary/aromatic N) is 1. The van der Waals surface area contributed by atoms with Gasteiger partial charge in [-0.05, 0) is 12.1 Å². The highest BCUT2D eigenvalue weighted by Crippen LogP contribution is 1.98. The van der Waals surface area contributed by atoms with Crippen LogP contribution >= 0.6 is 0 Å². The number of allylic oxidation sites excluding steroid dienone is 1. The Morgan fingerprint density at radius 2 is 2.00 bits per heavy atom. The highest BCUT2D eigenvalue weighted by Gasteiger charge is 1.98. The maximum atomic E-state index is 11.4. The summed E-state index contributed by atoms with van der Waals surface area (Å²) < 4.78 is 5.52. The minimum atomic E-state index is 0.511. The van der Waals surface area contributed by atoms with Gasteiger partial charge in [0.2, 0.25) is 5.70 Å². The van der Waals surface area contributed by atoms with Crippen molar-refractivity contribution in [1.82, 2.24) is 0 Å². The molecular weight excluding hydrogens is 178 g/mol. The second-order valence-electron chi connectivity index (χ2n) is 2.86. The normalized spacial score (nSPS) is 12.7. The first-order valence-corrected chi connectivity index (χ1v) is 4.30. The molecule has 0 heterocycles. The number of ether oxygens (including phenoxy) is 1. The lowest BCUT2D eigenvalue weighted by atomic mass is 10.2. The van der Waals surface area contributed by atoms with E-state index in [0.29, 0.717) is 5.70 Å². The SMILES string of the molecule is CO/C=C(C)/[N+]([O-])=C/c1ccccc1. The molecular formula is C11H13NO2. The van der Waals surface area contributed by atoms with Gasteiger partial charge in [-0.15, -0.1) is 0 Å². The summed E-state index contributed by atoms with van der Waals surface area (Å²) in [6, 6.07) is 9.41. The molecule has 0 aliphatic carbocycles. The van der Waals surface area contributed by atoms with E-state index >= 15 is 0 Å². The third-order valence-corrected chi connectivity index (χ3v) is 1.70. The summed E-state index contributed by atoms with van der Waals surface area (Å²) in [5.74, 6) is 0. The van der Waals surface area contributed by atoms with Crippen molar-refractivity contribution in [3.63, 3.8) is 0 Å². The summed E-state index contributed by atoms with van der Waals surface area (Å²) in [7, 11) is 1.51. The Morgan fingerprint density at radius 1 is 1.36 bits per heavy atom. The molecule has 0 unspecified atom stereocenters. The van der Waals surface area contributed by atoms with E-state index in [4.69, 9.17) is 4.74 Å². The molecule has 1 aromatic carbocycles.